The van der Waals surface area contributed by atoms with Crippen molar-refractivity contribution in [1.82, 2.24) is 10.6 Å². The summed E-state index contributed by atoms with van der Waals surface area (Å²) >= 11 is 0. The molecule has 0 atom stereocenters. The Labute approximate surface area is 116 Å². The van der Waals surface area contributed by atoms with Crippen LogP contribution in [0.1, 0.15) is 23.2 Å². The predicted octanol–water partition coefficient (Wildman–Crippen LogP) is 1.12. The minimum Gasteiger partial charge on any atom is -0.377 e. The Morgan fingerprint density at radius 3 is 2.70 bits per heavy atom. The lowest BCUT2D eigenvalue weighted by Crippen LogP contribution is -2.35. The van der Waals surface area contributed by atoms with E-state index in [9.17, 15) is 14.9 Å². The van der Waals surface area contributed by atoms with E-state index in [1.165, 1.54) is 13.1 Å². The quantitative estimate of drug-likeness (QED) is 0.566. The highest BCUT2D eigenvalue weighted by molar-refractivity contribution is 5.95. The maximum atomic E-state index is 11.5. The van der Waals surface area contributed by atoms with Crippen molar-refractivity contribution in [1.29, 1.82) is 0 Å². The molecule has 3 N–H and O–H groups in total. The van der Waals surface area contributed by atoms with Crippen LogP contribution in [-0.2, 0) is 0 Å². The summed E-state index contributed by atoms with van der Waals surface area (Å²) < 4.78 is 0. The summed E-state index contributed by atoms with van der Waals surface area (Å²) in [5.74, 6) is -0.332. The van der Waals surface area contributed by atoms with Gasteiger partial charge in [-0.3, -0.25) is 14.9 Å². The molecule has 1 heterocycles. The Kier molecular flexibility index (Phi) is 4.52. The molecular weight excluding hydrogens is 260 g/mol. The van der Waals surface area contributed by atoms with Crippen molar-refractivity contribution in [3.8, 4) is 0 Å². The first-order chi connectivity index (χ1) is 9.61. The Morgan fingerprint density at radius 2 is 2.10 bits per heavy atom. The van der Waals surface area contributed by atoms with Gasteiger partial charge in [0.15, 0.2) is 0 Å². The van der Waals surface area contributed by atoms with E-state index < -0.39 is 4.92 Å². The molecule has 1 aromatic carbocycles. The van der Waals surface area contributed by atoms with E-state index in [1.807, 2.05) is 0 Å². The molecule has 1 aliphatic heterocycles. The highest BCUT2D eigenvalue weighted by atomic mass is 16.6. The first kappa shape index (κ1) is 14.3. The molecule has 2 rings (SSSR count). The lowest BCUT2D eigenvalue weighted by atomic mass is 10.1. The van der Waals surface area contributed by atoms with E-state index in [0.29, 0.717) is 5.69 Å². The van der Waals surface area contributed by atoms with E-state index in [-0.39, 0.29) is 23.2 Å². The SMILES string of the molecule is CNC(=O)c1ccc(NC2CCNCC2)c([N+](=O)[O-])c1. The number of carbonyl (C=O) groups excluding carboxylic acids is 1. The second-order valence-corrected chi connectivity index (χ2v) is 4.74. The van der Waals surface area contributed by atoms with Crippen LogP contribution in [-0.4, -0.2) is 37.0 Å². The topological polar surface area (TPSA) is 96.3 Å². The second kappa shape index (κ2) is 6.33. The third-order valence-electron chi connectivity index (χ3n) is 3.38. The van der Waals surface area contributed by atoms with Gasteiger partial charge < -0.3 is 16.0 Å². The number of nitrogens with zero attached hydrogens (tertiary/aromatic N) is 1. The molecular formula is C13H18N4O3. The van der Waals surface area contributed by atoms with Gasteiger partial charge in [-0.05, 0) is 38.1 Å². The molecule has 1 aromatic rings. The van der Waals surface area contributed by atoms with Gasteiger partial charge in [-0.2, -0.15) is 0 Å². The number of nitro groups is 1. The van der Waals surface area contributed by atoms with Crippen molar-refractivity contribution in [2.24, 2.45) is 0 Å². The zero-order valence-electron chi connectivity index (χ0n) is 11.3. The van der Waals surface area contributed by atoms with Crippen molar-refractivity contribution < 1.29 is 9.72 Å². The van der Waals surface area contributed by atoms with Gasteiger partial charge in [-0.1, -0.05) is 0 Å². The monoisotopic (exact) mass is 278 g/mol. The van der Waals surface area contributed by atoms with E-state index in [1.54, 1.807) is 12.1 Å². The van der Waals surface area contributed by atoms with E-state index >= 15 is 0 Å². The highest BCUT2D eigenvalue weighted by Crippen LogP contribution is 2.27. The maximum absolute atomic E-state index is 11.5. The number of nitrogens with one attached hydrogen (secondary N) is 3. The average molecular weight is 278 g/mol. The minimum atomic E-state index is -0.462. The second-order valence-electron chi connectivity index (χ2n) is 4.74. The number of anilines is 1. The summed E-state index contributed by atoms with van der Waals surface area (Å²) in [6.07, 6.45) is 1.85. The summed E-state index contributed by atoms with van der Waals surface area (Å²) in [5, 5.41) is 20.1. The van der Waals surface area contributed by atoms with E-state index in [4.69, 9.17) is 0 Å². The molecule has 1 aliphatic rings. The number of rotatable bonds is 4. The van der Waals surface area contributed by atoms with Crippen LogP contribution in [0.15, 0.2) is 18.2 Å². The van der Waals surface area contributed by atoms with Gasteiger partial charge in [-0.15, -0.1) is 0 Å². The molecule has 0 radical (unpaired) electrons. The Morgan fingerprint density at radius 1 is 1.40 bits per heavy atom. The van der Waals surface area contributed by atoms with Crippen LogP contribution in [0.2, 0.25) is 0 Å². The largest absolute Gasteiger partial charge is 0.377 e. The van der Waals surface area contributed by atoms with Gasteiger partial charge in [-0.25, -0.2) is 0 Å². The van der Waals surface area contributed by atoms with Crippen molar-refractivity contribution in [3.63, 3.8) is 0 Å². The number of piperidine rings is 1. The first-order valence-electron chi connectivity index (χ1n) is 6.59. The Hall–Kier alpha value is -2.15. The van der Waals surface area contributed by atoms with E-state index in [2.05, 4.69) is 16.0 Å². The number of hydrogen-bond acceptors (Lipinski definition) is 5. The standard InChI is InChI=1S/C13H18N4O3/c1-14-13(18)9-2-3-11(12(8-9)17(19)20)16-10-4-6-15-7-5-10/h2-3,8,10,15-16H,4-7H2,1H3,(H,14,18). The van der Waals surface area contributed by atoms with Crippen molar-refractivity contribution >= 4 is 17.3 Å². The lowest BCUT2D eigenvalue weighted by molar-refractivity contribution is -0.384. The number of nitro benzene ring substituents is 1. The molecule has 0 spiro atoms. The summed E-state index contributed by atoms with van der Waals surface area (Å²) in [4.78, 5) is 22.2. The molecule has 1 saturated heterocycles. The van der Waals surface area contributed by atoms with Gasteiger partial charge in [0.05, 0.1) is 4.92 Å². The van der Waals surface area contributed by atoms with Gasteiger partial charge in [0, 0.05) is 24.7 Å². The van der Waals surface area contributed by atoms with E-state index in [0.717, 1.165) is 25.9 Å². The van der Waals surface area contributed by atoms with Crippen molar-refractivity contribution in [3.05, 3.63) is 33.9 Å². The number of amides is 1. The first-order valence-corrected chi connectivity index (χ1v) is 6.59. The number of carbonyl (C=O) groups is 1. The van der Waals surface area contributed by atoms with Crippen molar-refractivity contribution in [2.75, 3.05) is 25.5 Å². The molecule has 0 saturated carbocycles. The fraction of sp³-hybridized carbons (Fsp3) is 0.462. The summed E-state index contributed by atoms with van der Waals surface area (Å²) in [6, 6.07) is 4.73. The maximum Gasteiger partial charge on any atom is 0.293 e. The zero-order chi connectivity index (χ0) is 14.5. The third-order valence-corrected chi connectivity index (χ3v) is 3.38. The fourth-order valence-electron chi connectivity index (χ4n) is 2.28. The molecule has 0 aliphatic carbocycles. The predicted molar refractivity (Wildman–Crippen MR) is 76.0 cm³/mol. The van der Waals surface area contributed by atoms with Crippen LogP contribution in [0.5, 0.6) is 0 Å². The normalized spacial score (nSPS) is 15.7. The molecule has 1 amide bonds. The molecule has 0 unspecified atom stereocenters. The van der Waals surface area contributed by atoms with Crippen LogP contribution in [0.4, 0.5) is 11.4 Å². The smallest absolute Gasteiger partial charge is 0.293 e. The van der Waals surface area contributed by atoms with Crippen LogP contribution >= 0.6 is 0 Å². The summed E-state index contributed by atoms with van der Waals surface area (Å²) in [5.41, 5.74) is 0.689. The summed E-state index contributed by atoms with van der Waals surface area (Å²) in [6.45, 7) is 1.81. The molecule has 7 nitrogen and oxygen atoms in total. The van der Waals surface area contributed by atoms with Gasteiger partial charge in [0.2, 0.25) is 0 Å². The Bertz CT molecular complexity index is 512. The molecule has 0 aromatic heterocycles. The Balaban J connectivity index is 2.23. The summed E-state index contributed by atoms with van der Waals surface area (Å²) in [7, 11) is 1.50. The van der Waals surface area contributed by atoms with Gasteiger partial charge in [0.1, 0.15) is 5.69 Å². The zero-order valence-corrected chi connectivity index (χ0v) is 11.3. The van der Waals surface area contributed by atoms with Crippen LogP contribution in [0.25, 0.3) is 0 Å². The fourth-order valence-corrected chi connectivity index (χ4v) is 2.28. The molecule has 7 heteroatoms. The van der Waals surface area contributed by atoms with Gasteiger partial charge in [0.25, 0.3) is 11.6 Å². The highest BCUT2D eigenvalue weighted by Gasteiger charge is 2.20. The molecule has 0 bridgehead atoms. The van der Waals surface area contributed by atoms with Crippen LogP contribution < -0.4 is 16.0 Å². The minimum absolute atomic E-state index is 0.0652. The van der Waals surface area contributed by atoms with Gasteiger partial charge >= 0.3 is 0 Å². The number of benzene rings is 1. The van der Waals surface area contributed by atoms with Crippen molar-refractivity contribution in [2.45, 2.75) is 18.9 Å². The van der Waals surface area contributed by atoms with Crippen LogP contribution in [0, 0.1) is 10.1 Å². The number of hydrogen-bond donors (Lipinski definition) is 3. The average Bonchev–Trinajstić information content (AvgIpc) is 2.47. The van der Waals surface area contributed by atoms with Crippen LogP contribution in [0.3, 0.4) is 0 Å². The molecule has 1 fully saturated rings. The lowest BCUT2D eigenvalue weighted by Gasteiger charge is -2.24. The molecule has 20 heavy (non-hydrogen) atoms. The molecule has 108 valence electrons. The third kappa shape index (κ3) is 3.24.